The van der Waals surface area contributed by atoms with Gasteiger partial charge in [0.15, 0.2) is 0 Å². The van der Waals surface area contributed by atoms with Crippen LogP contribution in [0.5, 0.6) is 0 Å². The molecule has 15 aromatic rings. The average molecular weight is 1410 g/mol. The molecule has 6 nitrogen and oxygen atoms in total. The highest BCUT2D eigenvalue weighted by molar-refractivity contribution is 7.02. The summed E-state index contributed by atoms with van der Waals surface area (Å²) in [7, 11) is 0. The molecule has 524 valence electrons. The molecule has 0 N–H and O–H groups in total. The Morgan fingerprint density at radius 2 is 0.355 bits per heavy atom. The molecule has 9 heteroatoms. The van der Waals surface area contributed by atoms with Gasteiger partial charge in [0.1, 0.15) is 0 Å². The van der Waals surface area contributed by atoms with Crippen molar-refractivity contribution in [3.8, 4) is 0 Å². The van der Waals surface area contributed by atoms with Gasteiger partial charge in [-0.25, -0.2) is 0 Å². The van der Waals surface area contributed by atoms with Crippen molar-refractivity contribution in [2.24, 2.45) is 0 Å². The Balaban J connectivity index is 0.858. The van der Waals surface area contributed by atoms with E-state index in [1.54, 1.807) is 0 Å². The molecule has 0 amide bonds. The lowest BCUT2D eigenvalue weighted by atomic mass is 9.32. The molecule has 15 aromatic carbocycles. The van der Waals surface area contributed by atoms with Crippen LogP contribution in [0.4, 0.5) is 102 Å². The van der Waals surface area contributed by atoms with Crippen molar-refractivity contribution in [2.45, 2.75) is 74.7 Å². The molecule has 6 heterocycles. The zero-order valence-electron chi connectivity index (χ0n) is 63.9. The molecule has 0 saturated heterocycles. The summed E-state index contributed by atoms with van der Waals surface area (Å²) in [6, 6.07) is 120. The molecular formula is C101H81B3N6. The van der Waals surface area contributed by atoms with Crippen molar-refractivity contribution in [1.29, 1.82) is 0 Å². The first kappa shape index (κ1) is 65.6. The molecule has 6 aliphatic heterocycles. The summed E-state index contributed by atoms with van der Waals surface area (Å²) in [5.74, 6) is 0. The number of hydrogen-bond donors (Lipinski definition) is 0. The normalized spacial score (nSPS) is 13.7. The molecule has 0 radical (unpaired) electrons. The molecule has 0 aliphatic carbocycles. The fourth-order valence-corrected chi connectivity index (χ4v) is 19.5. The molecular weight excluding hydrogens is 1330 g/mol. The van der Waals surface area contributed by atoms with E-state index in [9.17, 15) is 0 Å². The number of aryl methyl sites for hydroxylation is 9. The van der Waals surface area contributed by atoms with Gasteiger partial charge in [0.25, 0.3) is 20.1 Å². The van der Waals surface area contributed by atoms with Gasteiger partial charge in [-0.15, -0.1) is 0 Å². The van der Waals surface area contributed by atoms with Crippen LogP contribution < -0.4 is 78.6 Å². The monoisotopic (exact) mass is 1410 g/mol. The third kappa shape index (κ3) is 9.85. The fraction of sp³-hybridized carbons (Fsp3) is 0.109. The fourth-order valence-electron chi connectivity index (χ4n) is 19.5. The van der Waals surface area contributed by atoms with Crippen molar-refractivity contribution in [1.82, 2.24) is 0 Å². The van der Waals surface area contributed by atoms with Crippen LogP contribution in [0.2, 0.25) is 0 Å². The summed E-state index contributed by atoms with van der Waals surface area (Å²) in [5.41, 5.74) is 46.6. The number of rotatable bonds is 9. The third-order valence-electron chi connectivity index (χ3n) is 24.9. The van der Waals surface area contributed by atoms with Gasteiger partial charge in [0, 0.05) is 108 Å². The van der Waals surface area contributed by atoms with Gasteiger partial charge in [-0.3, -0.25) is 0 Å². The molecule has 21 rings (SSSR count). The van der Waals surface area contributed by atoms with E-state index in [0.29, 0.717) is 0 Å². The van der Waals surface area contributed by atoms with E-state index in [0.717, 1.165) is 34.1 Å². The van der Waals surface area contributed by atoms with E-state index in [1.165, 1.54) is 184 Å². The molecule has 0 aromatic heterocycles. The van der Waals surface area contributed by atoms with Crippen LogP contribution in [0.1, 0.15) is 73.7 Å². The summed E-state index contributed by atoms with van der Waals surface area (Å²) in [6.45, 7) is 22.1. The van der Waals surface area contributed by atoms with Crippen molar-refractivity contribution in [2.75, 3.05) is 29.4 Å². The smallest absolute Gasteiger partial charge is 0.252 e. The van der Waals surface area contributed by atoms with E-state index in [4.69, 9.17) is 0 Å². The predicted molar refractivity (Wildman–Crippen MR) is 470 cm³/mol. The van der Waals surface area contributed by atoms with Gasteiger partial charge in [-0.05, 0) is 281 Å². The van der Waals surface area contributed by atoms with Crippen molar-refractivity contribution < 1.29 is 0 Å². The minimum Gasteiger partial charge on any atom is -0.311 e. The lowest BCUT2D eigenvalue weighted by Crippen LogP contribution is -2.62. The van der Waals surface area contributed by atoms with Gasteiger partial charge in [-0.2, -0.15) is 0 Å². The number of anilines is 18. The van der Waals surface area contributed by atoms with Gasteiger partial charge in [0.2, 0.25) is 0 Å². The summed E-state index contributed by atoms with van der Waals surface area (Å²) in [4.78, 5) is 15.3. The molecule has 0 spiro atoms. The Morgan fingerprint density at radius 1 is 0.182 bits per heavy atom. The van der Waals surface area contributed by atoms with E-state index in [-0.39, 0.29) is 20.1 Å². The molecule has 6 aliphatic rings. The van der Waals surface area contributed by atoms with E-state index in [2.05, 4.69) is 408 Å². The molecule has 0 unspecified atom stereocenters. The topological polar surface area (TPSA) is 19.4 Å². The maximum absolute atomic E-state index is 2.66. The maximum Gasteiger partial charge on any atom is 0.252 e. The number of fused-ring (bicyclic) bond motifs is 12. The Morgan fingerprint density at radius 3 is 0.555 bits per heavy atom. The summed E-state index contributed by atoms with van der Waals surface area (Å²) < 4.78 is 0. The lowest BCUT2D eigenvalue weighted by molar-refractivity contribution is 0.694. The molecule has 110 heavy (non-hydrogen) atoms. The van der Waals surface area contributed by atoms with Crippen LogP contribution in [0, 0.1) is 62.3 Å². The largest absolute Gasteiger partial charge is 0.311 e. The van der Waals surface area contributed by atoms with E-state index < -0.39 is 5.41 Å². The second-order valence-electron chi connectivity index (χ2n) is 32.1. The van der Waals surface area contributed by atoms with Crippen LogP contribution in [-0.2, 0) is 5.41 Å². The standard InChI is InChI=1S/C101H81B3N6/c1-62-20-38-74(39-21-62)105-86-50-32-68(7)56-80(86)102-83-59-71(35-53-89(83)108(77-44-26-65(4)27-45-77)95-17-11-14-92(105)98(95)102)101(10,72-36-54-90-84(60-72)103-81-57-69(8)33-51-87(81)106(75-40-22-63(2)23-41-75)93-15-12-18-96(99(93)103)109(90)78-46-28-66(5)29-47-78)73-37-55-91-85(61-73)104-82-58-70(9)34-52-88(82)107(76-42-24-64(3)25-43-76)94-16-13-19-97(100(94)104)110(91)79-48-30-67(6)31-49-79/h11-61H,1-10H3. The highest BCUT2D eigenvalue weighted by Crippen LogP contribution is 2.52. The first-order valence-corrected chi connectivity index (χ1v) is 39.0. The number of benzene rings is 15. The minimum absolute atomic E-state index is 0.126. The van der Waals surface area contributed by atoms with Crippen molar-refractivity contribution in [3.63, 3.8) is 0 Å². The van der Waals surface area contributed by atoms with Crippen LogP contribution in [-0.4, -0.2) is 20.1 Å². The molecule has 0 fully saturated rings. The summed E-state index contributed by atoms with van der Waals surface area (Å²) in [6.07, 6.45) is 0. The third-order valence-corrected chi connectivity index (χ3v) is 24.9. The maximum atomic E-state index is 2.66. The predicted octanol–water partition coefficient (Wildman–Crippen LogP) is 20.1. The summed E-state index contributed by atoms with van der Waals surface area (Å²) >= 11 is 0. The van der Waals surface area contributed by atoms with Gasteiger partial charge in [0.05, 0.1) is 0 Å². The Hall–Kier alpha value is -12.7. The van der Waals surface area contributed by atoms with Gasteiger partial charge in [-0.1, -0.05) is 214 Å². The number of hydrogen-bond acceptors (Lipinski definition) is 6. The lowest BCUT2D eigenvalue weighted by Gasteiger charge is -2.46. The Labute approximate surface area is 647 Å². The molecule has 0 bridgehead atoms. The highest BCUT2D eigenvalue weighted by Gasteiger charge is 2.49. The van der Waals surface area contributed by atoms with Crippen molar-refractivity contribution in [3.05, 3.63) is 376 Å². The van der Waals surface area contributed by atoms with Crippen LogP contribution in [0.15, 0.2) is 309 Å². The first-order chi connectivity index (χ1) is 53.6. The second kappa shape index (κ2) is 24.7. The van der Waals surface area contributed by atoms with Crippen LogP contribution in [0.3, 0.4) is 0 Å². The van der Waals surface area contributed by atoms with Gasteiger partial charge >= 0.3 is 0 Å². The quantitative estimate of drug-likeness (QED) is 0.105. The molecule has 0 saturated carbocycles. The zero-order valence-corrected chi connectivity index (χ0v) is 63.9. The van der Waals surface area contributed by atoms with Crippen LogP contribution in [0.25, 0.3) is 0 Å². The van der Waals surface area contributed by atoms with Crippen LogP contribution >= 0.6 is 0 Å². The van der Waals surface area contributed by atoms with Gasteiger partial charge < -0.3 is 29.4 Å². The van der Waals surface area contributed by atoms with E-state index in [1.807, 2.05) is 0 Å². The number of nitrogens with zero attached hydrogens (tertiary/aromatic N) is 6. The Bertz CT molecular complexity index is 5680. The second-order valence-corrected chi connectivity index (χ2v) is 32.1. The summed E-state index contributed by atoms with van der Waals surface area (Å²) in [5, 5.41) is 0. The SMILES string of the molecule is Cc1ccc(N2c3ccc(C)cc3B3c4cc(C(C)(c5ccc6c(c5)B5c7cc(C)ccc7N(c7ccc(C)cc7)c7cccc(c75)N6c5ccc(C)cc5)c5ccc6c(c5)B5c7cc(C)ccc7N(c7ccc(C)cc7)c7cccc(c75)N6c5ccc(C)cc5)ccc4N(c4ccc(C)cc4)c4cccc2c43)cc1. The average Bonchev–Trinajstić information content (AvgIpc) is 0.703. The van der Waals surface area contributed by atoms with E-state index >= 15 is 0 Å². The zero-order chi connectivity index (χ0) is 74.3. The highest BCUT2D eigenvalue weighted by atomic mass is 15.2. The Kier molecular flexibility index (Phi) is 14.7. The minimum atomic E-state index is -0.829. The first-order valence-electron chi connectivity index (χ1n) is 39.0. The van der Waals surface area contributed by atoms with Crippen molar-refractivity contribution >= 4 is 172 Å². The molecule has 0 atom stereocenters.